The van der Waals surface area contributed by atoms with Crippen molar-refractivity contribution in [3.05, 3.63) is 81.6 Å². The standard InChI is InChI=1S/C23H21BrN2O4S2/c24-18-10-11-20(19(14-18)22(27)16-6-2-1-3-7-16)25-23(28)17-8-4-12-26(15-17)32(29,30)21-9-5-13-31-21/h1-3,5-7,9-11,13-14,17H,4,8,12,15H2,(H,25,28). The third-order valence-electron chi connectivity index (χ3n) is 5.36. The van der Waals surface area contributed by atoms with Gasteiger partial charge < -0.3 is 5.32 Å². The lowest BCUT2D eigenvalue weighted by Gasteiger charge is -2.31. The minimum Gasteiger partial charge on any atom is -0.325 e. The highest BCUT2D eigenvalue weighted by Gasteiger charge is 2.34. The molecule has 1 aliphatic heterocycles. The normalized spacial score (nSPS) is 17.1. The lowest BCUT2D eigenvalue weighted by atomic mass is 9.97. The van der Waals surface area contributed by atoms with Crippen LogP contribution in [0.1, 0.15) is 28.8 Å². The predicted molar refractivity (Wildman–Crippen MR) is 128 cm³/mol. The molecule has 0 aliphatic carbocycles. The summed E-state index contributed by atoms with van der Waals surface area (Å²) in [6, 6.07) is 17.2. The molecule has 1 fully saturated rings. The van der Waals surface area contributed by atoms with Gasteiger partial charge in [-0.05, 0) is 42.5 Å². The third-order valence-corrected chi connectivity index (χ3v) is 9.10. The molecule has 4 rings (SSSR count). The quantitative estimate of drug-likeness (QED) is 0.463. The maximum atomic E-state index is 13.1. The number of sulfonamides is 1. The number of ketones is 1. The van der Waals surface area contributed by atoms with Crippen LogP contribution in [-0.2, 0) is 14.8 Å². The number of amides is 1. The molecule has 1 saturated heterocycles. The summed E-state index contributed by atoms with van der Waals surface area (Å²) in [4.78, 5) is 26.1. The molecule has 0 radical (unpaired) electrons. The van der Waals surface area contributed by atoms with Crippen molar-refractivity contribution in [1.82, 2.24) is 4.31 Å². The number of carbonyl (C=O) groups excluding carboxylic acids is 2. The fraction of sp³-hybridized carbons (Fsp3) is 0.217. The zero-order valence-corrected chi connectivity index (χ0v) is 20.3. The van der Waals surface area contributed by atoms with Crippen molar-refractivity contribution in [2.24, 2.45) is 5.92 Å². The average molecular weight is 533 g/mol. The summed E-state index contributed by atoms with van der Waals surface area (Å²) in [5.74, 6) is -0.991. The Hall–Kier alpha value is -2.33. The Kier molecular flexibility index (Phi) is 6.90. The molecular formula is C23H21BrN2O4S2. The Morgan fingerprint density at radius 1 is 1.06 bits per heavy atom. The largest absolute Gasteiger partial charge is 0.325 e. The number of hydrogen-bond donors (Lipinski definition) is 1. The van der Waals surface area contributed by atoms with Crippen LogP contribution in [0.25, 0.3) is 0 Å². The van der Waals surface area contributed by atoms with Crippen molar-refractivity contribution in [3.8, 4) is 0 Å². The predicted octanol–water partition coefficient (Wildman–Crippen LogP) is 4.78. The maximum Gasteiger partial charge on any atom is 0.252 e. The number of nitrogens with one attached hydrogen (secondary N) is 1. The van der Waals surface area contributed by atoms with E-state index in [1.165, 1.54) is 15.6 Å². The first-order valence-electron chi connectivity index (χ1n) is 10.1. The van der Waals surface area contributed by atoms with Gasteiger partial charge in [-0.3, -0.25) is 9.59 Å². The van der Waals surface area contributed by atoms with Crippen LogP contribution in [0, 0.1) is 5.92 Å². The first kappa shape index (κ1) is 22.8. The zero-order valence-electron chi connectivity index (χ0n) is 17.0. The molecule has 1 amide bonds. The van der Waals surface area contributed by atoms with E-state index in [2.05, 4.69) is 21.2 Å². The Labute approximate surface area is 199 Å². The van der Waals surface area contributed by atoms with E-state index in [4.69, 9.17) is 0 Å². The summed E-state index contributed by atoms with van der Waals surface area (Å²) < 4.78 is 28.1. The number of benzene rings is 2. The zero-order chi connectivity index (χ0) is 22.7. The van der Waals surface area contributed by atoms with Crippen molar-refractivity contribution >= 4 is 54.7 Å². The number of hydrogen-bond acceptors (Lipinski definition) is 5. The molecule has 1 aromatic heterocycles. The lowest BCUT2D eigenvalue weighted by Crippen LogP contribution is -2.43. The molecule has 3 aromatic rings. The van der Waals surface area contributed by atoms with Gasteiger partial charge in [-0.25, -0.2) is 8.42 Å². The van der Waals surface area contributed by atoms with Crippen molar-refractivity contribution in [1.29, 1.82) is 0 Å². The Morgan fingerprint density at radius 3 is 2.56 bits per heavy atom. The van der Waals surface area contributed by atoms with Crippen molar-refractivity contribution in [2.75, 3.05) is 18.4 Å². The van der Waals surface area contributed by atoms with Crippen LogP contribution < -0.4 is 5.32 Å². The fourth-order valence-electron chi connectivity index (χ4n) is 3.71. The van der Waals surface area contributed by atoms with Crippen LogP contribution in [0.5, 0.6) is 0 Å². The van der Waals surface area contributed by atoms with Gasteiger partial charge in [0, 0.05) is 28.7 Å². The number of nitrogens with zero attached hydrogens (tertiary/aromatic N) is 1. The molecule has 1 aliphatic rings. The highest BCUT2D eigenvalue weighted by molar-refractivity contribution is 9.10. The van der Waals surface area contributed by atoms with E-state index in [1.54, 1.807) is 60.0 Å². The van der Waals surface area contributed by atoms with Gasteiger partial charge in [0.25, 0.3) is 10.0 Å². The molecular weight excluding hydrogens is 512 g/mol. The van der Waals surface area contributed by atoms with E-state index < -0.39 is 15.9 Å². The van der Waals surface area contributed by atoms with E-state index in [0.717, 1.165) is 4.47 Å². The van der Waals surface area contributed by atoms with Crippen LogP contribution in [-0.4, -0.2) is 37.5 Å². The first-order valence-corrected chi connectivity index (χ1v) is 13.2. The van der Waals surface area contributed by atoms with Crippen LogP contribution in [0.4, 0.5) is 5.69 Å². The molecule has 2 aromatic carbocycles. The summed E-state index contributed by atoms with van der Waals surface area (Å²) in [6.07, 6.45) is 1.18. The Balaban J connectivity index is 1.54. The smallest absolute Gasteiger partial charge is 0.252 e. The molecule has 166 valence electrons. The minimum atomic E-state index is -3.61. The third kappa shape index (κ3) is 4.85. The molecule has 9 heteroatoms. The highest BCUT2D eigenvalue weighted by atomic mass is 79.9. The average Bonchev–Trinajstić information content (AvgIpc) is 3.36. The molecule has 32 heavy (non-hydrogen) atoms. The number of halogens is 1. The Bertz CT molecular complexity index is 1230. The highest BCUT2D eigenvalue weighted by Crippen LogP contribution is 2.29. The second kappa shape index (κ2) is 9.66. The van der Waals surface area contributed by atoms with E-state index in [1.807, 2.05) is 6.07 Å². The van der Waals surface area contributed by atoms with Crippen LogP contribution >= 0.6 is 27.3 Å². The summed E-state index contributed by atoms with van der Waals surface area (Å²) in [5, 5.41) is 4.59. The topological polar surface area (TPSA) is 83.6 Å². The molecule has 2 heterocycles. The van der Waals surface area contributed by atoms with Crippen LogP contribution in [0.15, 0.2) is 74.7 Å². The minimum absolute atomic E-state index is 0.116. The molecule has 0 saturated carbocycles. The van der Waals surface area contributed by atoms with Crippen molar-refractivity contribution in [3.63, 3.8) is 0 Å². The van der Waals surface area contributed by atoms with Gasteiger partial charge in [0.1, 0.15) is 4.21 Å². The number of carbonyl (C=O) groups is 2. The van der Waals surface area contributed by atoms with Crippen molar-refractivity contribution in [2.45, 2.75) is 17.1 Å². The number of piperidine rings is 1. The van der Waals surface area contributed by atoms with Crippen LogP contribution in [0.2, 0.25) is 0 Å². The fourth-order valence-corrected chi connectivity index (χ4v) is 6.73. The second-order valence-corrected chi connectivity index (χ2v) is 11.5. The summed E-state index contributed by atoms with van der Waals surface area (Å²) in [5.41, 5.74) is 1.30. The van der Waals surface area contributed by atoms with Gasteiger partial charge in [0.2, 0.25) is 5.91 Å². The van der Waals surface area contributed by atoms with Crippen LogP contribution in [0.3, 0.4) is 0 Å². The molecule has 1 unspecified atom stereocenters. The van der Waals surface area contributed by atoms with Gasteiger partial charge in [-0.15, -0.1) is 11.3 Å². The monoisotopic (exact) mass is 532 g/mol. The number of rotatable bonds is 6. The van der Waals surface area contributed by atoms with Gasteiger partial charge >= 0.3 is 0 Å². The SMILES string of the molecule is O=C(c1ccccc1)c1cc(Br)ccc1NC(=O)C1CCCN(S(=O)(=O)c2cccs2)C1. The number of anilines is 1. The van der Waals surface area contributed by atoms with E-state index >= 15 is 0 Å². The lowest BCUT2D eigenvalue weighted by molar-refractivity contribution is -0.120. The number of thiophene rings is 1. The summed E-state index contributed by atoms with van der Waals surface area (Å²) >= 11 is 4.56. The first-order chi connectivity index (χ1) is 15.4. The second-order valence-electron chi connectivity index (χ2n) is 7.51. The molecule has 6 nitrogen and oxygen atoms in total. The molecule has 0 bridgehead atoms. The summed E-state index contributed by atoms with van der Waals surface area (Å²) in [6.45, 7) is 0.505. The van der Waals surface area contributed by atoms with Gasteiger partial charge in [0.05, 0.1) is 11.6 Å². The Morgan fingerprint density at radius 2 is 1.84 bits per heavy atom. The van der Waals surface area contributed by atoms with E-state index in [0.29, 0.717) is 36.2 Å². The molecule has 0 spiro atoms. The summed E-state index contributed by atoms with van der Waals surface area (Å²) in [7, 11) is -3.61. The van der Waals surface area contributed by atoms with E-state index in [9.17, 15) is 18.0 Å². The van der Waals surface area contributed by atoms with Gasteiger partial charge in [-0.1, -0.05) is 52.3 Å². The maximum absolute atomic E-state index is 13.1. The van der Waals surface area contributed by atoms with Gasteiger partial charge in [0.15, 0.2) is 5.78 Å². The molecule has 1 atom stereocenters. The van der Waals surface area contributed by atoms with E-state index in [-0.39, 0.29) is 22.4 Å². The molecule has 1 N–H and O–H groups in total. The van der Waals surface area contributed by atoms with Gasteiger partial charge in [-0.2, -0.15) is 4.31 Å². The van der Waals surface area contributed by atoms with Crippen molar-refractivity contribution < 1.29 is 18.0 Å².